The zero-order valence-electron chi connectivity index (χ0n) is 11.9. The Labute approximate surface area is 116 Å². The molecule has 2 heterocycles. The van der Waals surface area contributed by atoms with E-state index in [2.05, 4.69) is 10.1 Å². The standard InChI is InChI=1S/C13H19N3O2S/c1-6-17-13(4,5)12-15-11(18-16-12)9-7(2)8(3)19-10(9)14/h6,14H2,1-5H3. The van der Waals surface area contributed by atoms with E-state index in [1.54, 1.807) is 0 Å². The van der Waals surface area contributed by atoms with E-state index in [-0.39, 0.29) is 0 Å². The fourth-order valence-corrected chi connectivity index (χ4v) is 2.84. The van der Waals surface area contributed by atoms with Crippen molar-refractivity contribution in [2.24, 2.45) is 0 Å². The minimum Gasteiger partial charge on any atom is -0.390 e. The highest BCUT2D eigenvalue weighted by Crippen LogP contribution is 2.37. The van der Waals surface area contributed by atoms with E-state index in [9.17, 15) is 0 Å². The minimum atomic E-state index is -0.565. The number of ether oxygens (including phenoxy) is 1. The average Bonchev–Trinajstić information content (AvgIpc) is 2.86. The monoisotopic (exact) mass is 281 g/mol. The Hall–Kier alpha value is -1.40. The molecule has 0 saturated carbocycles. The van der Waals surface area contributed by atoms with E-state index in [0.717, 1.165) is 16.0 Å². The largest absolute Gasteiger partial charge is 0.390 e. The molecular formula is C13H19N3O2S. The third-order valence-corrected chi connectivity index (χ3v) is 4.13. The van der Waals surface area contributed by atoms with Crippen LogP contribution in [-0.2, 0) is 10.3 Å². The highest BCUT2D eigenvalue weighted by Gasteiger charge is 2.28. The van der Waals surface area contributed by atoms with Crippen LogP contribution in [0, 0.1) is 13.8 Å². The number of aromatic nitrogens is 2. The number of hydrogen-bond acceptors (Lipinski definition) is 6. The van der Waals surface area contributed by atoms with Gasteiger partial charge in [-0.05, 0) is 40.2 Å². The number of anilines is 1. The highest BCUT2D eigenvalue weighted by molar-refractivity contribution is 7.16. The molecule has 0 aliphatic heterocycles. The van der Waals surface area contributed by atoms with Crippen molar-refractivity contribution in [1.82, 2.24) is 10.1 Å². The summed E-state index contributed by atoms with van der Waals surface area (Å²) < 4.78 is 11.0. The molecule has 19 heavy (non-hydrogen) atoms. The molecule has 0 unspecified atom stereocenters. The van der Waals surface area contributed by atoms with E-state index in [1.807, 2.05) is 34.6 Å². The van der Waals surface area contributed by atoms with Gasteiger partial charge in [0.2, 0.25) is 5.82 Å². The zero-order valence-corrected chi connectivity index (χ0v) is 12.7. The maximum Gasteiger partial charge on any atom is 0.261 e. The first-order valence-electron chi connectivity index (χ1n) is 6.20. The first-order valence-corrected chi connectivity index (χ1v) is 7.02. The predicted octanol–water partition coefficient (Wildman–Crippen LogP) is 3.27. The molecule has 0 aliphatic rings. The summed E-state index contributed by atoms with van der Waals surface area (Å²) in [5.74, 6) is 0.995. The molecule has 5 nitrogen and oxygen atoms in total. The Bertz CT molecular complexity index is 587. The van der Waals surface area contributed by atoms with Crippen molar-refractivity contribution >= 4 is 16.3 Å². The summed E-state index contributed by atoms with van der Waals surface area (Å²) in [7, 11) is 0. The molecule has 104 valence electrons. The van der Waals surface area contributed by atoms with Gasteiger partial charge in [0.05, 0.1) is 10.6 Å². The van der Waals surface area contributed by atoms with Crippen LogP contribution in [0.5, 0.6) is 0 Å². The lowest BCUT2D eigenvalue weighted by Crippen LogP contribution is -2.23. The normalized spacial score (nSPS) is 12.1. The van der Waals surface area contributed by atoms with Crippen molar-refractivity contribution in [2.75, 3.05) is 12.3 Å². The molecule has 2 aromatic rings. The van der Waals surface area contributed by atoms with E-state index in [1.165, 1.54) is 11.3 Å². The summed E-state index contributed by atoms with van der Waals surface area (Å²) in [6.45, 7) is 10.4. The Morgan fingerprint density at radius 3 is 2.58 bits per heavy atom. The summed E-state index contributed by atoms with van der Waals surface area (Å²) in [4.78, 5) is 5.59. The maximum absolute atomic E-state index is 6.01. The Kier molecular flexibility index (Phi) is 3.64. The molecule has 2 N–H and O–H groups in total. The van der Waals surface area contributed by atoms with Gasteiger partial charge in [-0.3, -0.25) is 0 Å². The third-order valence-electron chi connectivity index (χ3n) is 3.10. The van der Waals surface area contributed by atoms with Crippen molar-refractivity contribution in [3.05, 3.63) is 16.3 Å². The molecule has 2 rings (SSSR count). The van der Waals surface area contributed by atoms with Crippen LogP contribution in [-0.4, -0.2) is 16.7 Å². The molecule has 2 aromatic heterocycles. The van der Waals surface area contributed by atoms with Crippen molar-refractivity contribution in [3.63, 3.8) is 0 Å². The summed E-state index contributed by atoms with van der Waals surface area (Å²) in [5, 5.41) is 4.72. The summed E-state index contributed by atoms with van der Waals surface area (Å²) in [6.07, 6.45) is 0. The Balaban J connectivity index is 2.41. The van der Waals surface area contributed by atoms with Gasteiger partial charge in [-0.1, -0.05) is 5.16 Å². The first-order chi connectivity index (χ1) is 8.86. The van der Waals surface area contributed by atoms with Crippen LogP contribution >= 0.6 is 11.3 Å². The lowest BCUT2D eigenvalue weighted by molar-refractivity contribution is -0.0221. The van der Waals surface area contributed by atoms with Gasteiger partial charge in [-0.15, -0.1) is 11.3 Å². The molecule has 0 fully saturated rings. The summed E-state index contributed by atoms with van der Waals surface area (Å²) in [5.41, 5.74) is 7.38. The topological polar surface area (TPSA) is 74.2 Å². The predicted molar refractivity (Wildman–Crippen MR) is 76.1 cm³/mol. The van der Waals surface area contributed by atoms with Crippen LogP contribution in [0.2, 0.25) is 0 Å². The van der Waals surface area contributed by atoms with Crippen molar-refractivity contribution < 1.29 is 9.26 Å². The Morgan fingerprint density at radius 2 is 2.05 bits per heavy atom. The number of nitrogens with two attached hydrogens (primary N) is 1. The highest BCUT2D eigenvalue weighted by atomic mass is 32.1. The van der Waals surface area contributed by atoms with Crippen molar-refractivity contribution in [1.29, 1.82) is 0 Å². The molecule has 0 aliphatic carbocycles. The average molecular weight is 281 g/mol. The second-order valence-corrected chi connectivity index (χ2v) is 6.15. The summed E-state index contributed by atoms with van der Waals surface area (Å²) in [6, 6.07) is 0. The number of nitrogens with zero attached hydrogens (tertiary/aromatic N) is 2. The van der Waals surface area contributed by atoms with Crippen LogP contribution in [0.1, 0.15) is 37.0 Å². The molecular weight excluding hydrogens is 262 g/mol. The number of thiophene rings is 1. The van der Waals surface area contributed by atoms with Gasteiger partial charge < -0.3 is 15.0 Å². The molecule has 0 bridgehead atoms. The second-order valence-electron chi connectivity index (χ2n) is 4.89. The number of rotatable bonds is 4. The smallest absolute Gasteiger partial charge is 0.261 e. The quantitative estimate of drug-likeness (QED) is 0.931. The second kappa shape index (κ2) is 4.94. The van der Waals surface area contributed by atoms with Crippen LogP contribution < -0.4 is 5.73 Å². The maximum atomic E-state index is 6.01. The van der Waals surface area contributed by atoms with Crippen molar-refractivity contribution in [3.8, 4) is 11.5 Å². The fraction of sp³-hybridized carbons (Fsp3) is 0.538. The molecule has 0 atom stereocenters. The van der Waals surface area contributed by atoms with Gasteiger partial charge in [0, 0.05) is 11.5 Å². The number of aryl methyl sites for hydroxylation is 1. The van der Waals surface area contributed by atoms with Gasteiger partial charge in [0.25, 0.3) is 5.89 Å². The lowest BCUT2D eigenvalue weighted by Gasteiger charge is -2.19. The van der Waals surface area contributed by atoms with E-state index >= 15 is 0 Å². The Morgan fingerprint density at radius 1 is 1.37 bits per heavy atom. The van der Waals surface area contributed by atoms with E-state index < -0.39 is 5.60 Å². The lowest BCUT2D eigenvalue weighted by atomic mass is 10.1. The molecule has 0 radical (unpaired) electrons. The number of hydrogen-bond donors (Lipinski definition) is 1. The van der Waals surface area contributed by atoms with E-state index in [4.69, 9.17) is 15.0 Å². The SMILES string of the molecule is CCOC(C)(C)c1noc(-c2c(N)sc(C)c2C)n1. The van der Waals surface area contributed by atoms with Crippen LogP contribution in [0.15, 0.2) is 4.52 Å². The summed E-state index contributed by atoms with van der Waals surface area (Å²) >= 11 is 1.54. The van der Waals surface area contributed by atoms with Gasteiger partial charge in [-0.25, -0.2) is 0 Å². The minimum absolute atomic E-state index is 0.460. The fourth-order valence-electron chi connectivity index (χ4n) is 1.91. The van der Waals surface area contributed by atoms with Crippen LogP contribution in [0.25, 0.3) is 11.5 Å². The molecule has 0 aromatic carbocycles. The number of nitrogen functional groups attached to an aromatic ring is 1. The van der Waals surface area contributed by atoms with Gasteiger partial charge >= 0.3 is 0 Å². The van der Waals surface area contributed by atoms with E-state index in [0.29, 0.717) is 23.3 Å². The van der Waals surface area contributed by atoms with Crippen LogP contribution in [0.4, 0.5) is 5.00 Å². The third kappa shape index (κ3) is 2.50. The molecule has 6 heteroatoms. The first kappa shape index (κ1) is 14.0. The van der Waals surface area contributed by atoms with Gasteiger partial charge in [0.15, 0.2) is 0 Å². The van der Waals surface area contributed by atoms with Crippen molar-refractivity contribution in [2.45, 2.75) is 40.2 Å². The van der Waals surface area contributed by atoms with Crippen LogP contribution in [0.3, 0.4) is 0 Å². The molecule has 0 saturated heterocycles. The van der Waals surface area contributed by atoms with Gasteiger partial charge in [0.1, 0.15) is 5.60 Å². The van der Waals surface area contributed by atoms with Gasteiger partial charge in [-0.2, -0.15) is 4.98 Å². The zero-order chi connectivity index (χ0) is 14.2. The molecule has 0 amide bonds. The molecule has 0 spiro atoms.